The summed E-state index contributed by atoms with van der Waals surface area (Å²) in [5.41, 5.74) is 0. The zero-order chi connectivity index (χ0) is 13.2. The average Bonchev–Trinajstić information content (AvgIpc) is 2.28. The third kappa shape index (κ3) is 3.10. The van der Waals surface area contributed by atoms with Crippen LogP contribution in [0, 0.1) is 5.92 Å². The molecule has 17 heavy (non-hydrogen) atoms. The van der Waals surface area contributed by atoms with Crippen molar-refractivity contribution in [1.29, 1.82) is 0 Å². The Hall–Kier alpha value is -0.820. The summed E-state index contributed by atoms with van der Waals surface area (Å²) in [7, 11) is -1.73. The Morgan fingerprint density at radius 3 is 2.59 bits per heavy atom. The second-order valence-corrected chi connectivity index (χ2v) is 6.74. The van der Waals surface area contributed by atoms with E-state index in [0.29, 0.717) is 13.0 Å². The first-order valence-electron chi connectivity index (χ1n) is 5.73. The number of rotatable bonds is 3. The monoisotopic (exact) mass is 264 g/mol. The van der Waals surface area contributed by atoms with Crippen molar-refractivity contribution in [3.8, 4) is 0 Å². The molecule has 0 aromatic rings. The molecule has 1 fully saturated rings. The van der Waals surface area contributed by atoms with Crippen LogP contribution in [0.3, 0.4) is 0 Å². The summed E-state index contributed by atoms with van der Waals surface area (Å²) < 4.78 is 24.9. The van der Waals surface area contributed by atoms with Crippen LogP contribution in [0.1, 0.15) is 20.3 Å². The Morgan fingerprint density at radius 2 is 2.12 bits per heavy atom. The molecule has 1 aliphatic rings. The molecule has 100 valence electrons. The first kappa shape index (κ1) is 14.2. The number of piperidine rings is 1. The number of carbonyl (C=O) groups is 1. The average molecular weight is 264 g/mol. The second kappa shape index (κ2) is 5.22. The van der Waals surface area contributed by atoms with Gasteiger partial charge in [-0.3, -0.25) is 0 Å². The van der Waals surface area contributed by atoms with E-state index in [2.05, 4.69) is 0 Å². The van der Waals surface area contributed by atoms with Crippen LogP contribution in [-0.4, -0.2) is 60.8 Å². The molecule has 0 saturated carbocycles. The zero-order valence-corrected chi connectivity index (χ0v) is 11.3. The first-order chi connectivity index (χ1) is 7.79. The van der Waals surface area contributed by atoms with E-state index in [9.17, 15) is 13.2 Å². The molecule has 2 atom stereocenters. The van der Waals surface area contributed by atoms with Gasteiger partial charge in [-0.2, -0.15) is 4.31 Å². The molecule has 0 bridgehead atoms. The summed E-state index contributed by atoms with van der Waals surface area (Å²) in [4.78, 5) is 12.1. The van der Waals surface area contributed by atoms with E-state index in [1.807, 2.05) is 6.92 Å². The van der Waals surface area contributed by atoms with Crippen molar-refractivity contribution in [3.63, 3.8) is 0 Å². The number of sulfonamides is 1. The van der Waals surface area contributed by atoms with Crippen molar-refractivity contribution < 1.29 is 18.3 Å². The first-order valence-corrected chi connectivity index (χ1v) is 7.34. The highest BCUT2D eigenvalue weighted by atomic mass is 32.2. The van der Waals surface area contributed by atoms with Gasteiger partial charge in [0.15, 0.2) is 0 Å². The van der Waals surface area contributed by atoms with E-state index >= 15 is 0 Å². The Morgan fingerprint density at radius 1 is 1.53 bits per heavy atom. The fourth-order valence-corrected chi connectivity index (χ4v) is 3.23. The molecule has 1 N–H and O–H groups in total. The predicted octanol–water partition coefficient (Wildman–Crippen LogP) is 0.656. The van der Waals surface area contributed by atoms with Crippen molar-refractivity contribution in [2.24, 2.45) is 5.92 Å². The summed E-state index contributed by atoms with van der Waals surface area (Å²) in [5, 5.41) is 8.96. The number of nitrogens with zero attached hydrogens (tertiary/aromatic N) is 2. The normalized spacial score (nSPS) is 26.8. The van der Waals surface area contributed by atoms with E-state index in [0.717, 1.165) is 0 Å². The van der Waals surface area contributed by atoms with Crippen molar-refractivity contribution >= 4 is 16.1 Å². The van der Waals surface area contributed by atoms with E-state index in [4.69, 9.17) is 5.11 Å². The summed E-state index contributed by atoms with van der Waals surface area (Å²) in [6, 6.07) is -0.262. The molecule has 2 unspecified atom stereocenters. The highest BCUT2D eigenvalue weighted by molar-refractivity contribution is 7.89. The minimum Gasteiger partial charge on any atom is -0.465 e. The third-order valence-electron chi connectivity index (χ3n) is 3.44. The Kier molecular flexibility index (Phi) is 4.37. The number of hydrogen-bond acceptors (Lipinski definition) is 3. The van der Waals surface area contributed by atoms with E-state index in [1.54, 1.807) is 6.92 Å². The van der Waals surface area contributed by atoms with E-state index in [1.165, 1.54) is 16.3 Å². The minimum absolute atomic E-state index is 0.0604. The van der Waals surface area contributed by atoms with Gasteiger partial charge in [-0.1, -0.05) is 6.92 Å². The smallest absolute Gasteiger partial charge is 0.407 e. The van der Waals surface area contributed by atoms with Gasteiger partial charge < -0.3 is 10.0 Å². The fourth-order valence-electron chi connectivity index (χ4n) is 2.10. The van der Waals surface area contributed by atoms with Crippen LogP contribution in [0.15, 0.2) is 0 Å². The molecular weight excluding hydrogens is 244 g/mol. The van der Waals surface area contributed by atoms with Gasteiger partial charge in [0.1, 0.15) is 0 Å². The molecule has 6 nitrogen and oxygen atoms in total. The maximum absolute atomic E-state index is 11.8. The lowest BCUT2D eigenvalue weighted by Gasteiger charge is -2.39. The Balaban J connectivity index is 2.83. The lowest BCUT2D eigenvalue weighted by molar-refractivity contribution is 0.0947. The predicted molar refractivity (Wildman–Crippen MR) is 64.4 cm³/mol. The zero-order valence-electron chi connectivity index (χ0n) is 10.5. The maximum atomic E-state index is 11.8. The summed E-state index contributed by atoms with van der Waals surface area (Å²) in [6.07, 6.45) is -0.320. The van der Waals surface area contributed by atoms with E-state index < -0.39 is 16.1 Å². The van der Waals surface area contributed by atoms with Crippen LogP contribution in [0.5, 0.6) is 0 Å². The lowest BCUT2D eigenvalue weighted by atomic mass is 9.94. The highest BCUT2D eigenvalue weighted by Crippen LogP contribution is 2.23. The van der Waals surface area contributed by atoms with Gasteiger partial charge in [0.25, 0.3) is 0 Å². The SMILES string of the molecule is CCS(=O)(=O)N1CCC(C)C(N(C)C(=O)O)C1. The molecule has 1 amide bonds. The molecule has 1 heterocycles. The Bertz CT molecular complexity index is 382. The quantitative estimate of drug-likeness (QED) is 0.812. The summed E-state index contributed by atoms with van der Waals surface area (Å²) in [6.45, 7) is 4.31. The van der Waals surface area contributed by atoms with Gasteiger partial charge in [0.2, 0.25) is 10.0 Å². The molecule has 0 aromatic heterocycles. The maximum Gasteiger partial charge on any atom is 0.407 e. The van der Waals surface area contributed by atoms with Crippen LogP contribution in [0.4, 0.5) is 4.79 Å². The van der Waals surface area contributed by atoms with Crippen molar-refractivity contribution in [1.82, 2.24) is 9.21 Å². The van der Waals surface area contributed by atoms with Crippen LogP contribution >= 0.6 is 0 Å². The summed E-state index contributed by atoms with van der Waals surface area (Å²) in [5.74, 6) is 0.240. The van der Waals surface area contributed by atoms with Crippen molar-refractivity contribution in [2.45, 2.75) is 26.3 Å². The van der Waals surface area contributed by atoms with Crippen molar-refractivity contribution in [3.05, 3.63) is 0 Å². The number of likely N-dealkylation sites (N-methyl/N-ethyl adjacent to an activating group) is 1. The highest BCUT2D eigenvalue weighted by Gasteiger charge is 2.35. The van der Waals surface area contributed by atoms with Gasteiger partial charge in [0.05, 0.1) is 11.8 Å². The van der Waals surface area contributed by atoms with Crippen LogP contribution < -0.4 is 0 Å². The van der Waals surface area contributed by atoms with Gasteiger partial charge >= 0.3 is 6.09 Å². The molecule has 1 rings (SSSR count). The molecule has 1 aliphatic heterocycles. The van der Waals surface area contributed by atoms with E-state index in [-0.39, 0.29) is 24.3 Å². The Labute approximate surface area is 102 Å². The van der Waals surface area contributed by atoms with Gasteiger partial charge in [0, 0.05) is 20.1 Å². The second-order valence-electron chi connectivity index (χ2n) is 4.49. The largest absolute Gasteiger partial charge is 0.465 e. The third-order valence-corrected chi connectivity index (χ3v) is 5.29. The van der Waals surface area contributed by atoms with Gasteiger partial charge in [-0.05, 0) is 19.3 Å². The number of hydrogen-bond donors (Lipinski definition) is 1. The van der Waals surface area contributed by atoms with Gasteiger partial charge in [-0.15, -0.1) is 0 Å². The number of amides is 1. The molecular formula is C10H20N2O4S. The fraction of sp³-hybridized carbons (Fsp3) is 0.900. The number of carboxylic acid groups (broad SMARTS) is 1. The molecule has 0 spiro atoms. The molecule has 1 saturated heterocycles. The molecule has 0 aliphatic carbocycles. The van der Waals surface area contributed by atoms with Crippen LogP contribution in [0.2, 0.25) is 0 Å². The lowest BCUT2D eigenvalue weighted by Crippen LogP contribution is -2.53. The van der Waals surface area contributed by atoms with Crippen LogP contribution in [0.25, 0.3) is 0 Å². The molecule has 0 aromatic carbocycles. The van der Waals surface area contributed by atoms with Crippen molar-refractivity contribution in [2.75, 3.05) is 25.9 Å². The standard InChI is InChI=1S/C10H20N2O4S/c1-4-17(15,16)12-6-5-8(2)9(7-12)11(3)10(13)14/h8-9H,4-7H2,1-3H3,(H,13,14). The molecule has 7 heteroatoms. The molecule has 0 radical (unpaired) electrons. The topological polar surface area (TPSA) is 77.9 Å². The minimum atomic E-state index is -3.22. The van der Waals surface area contributed by atoms with Crippen LogP contribution in [-0.2, 0) is 10.0 Å². The van der Waals surface area contributed by atoms with Gasteiger partial charge in [-0.25, -0.2) is 13.2 Å². The summed E-state index contributed by atoms with van der Waals surface area (Å²) >= 11 is 0.